The minimum absolute atomic E-state index is 0.0125. The Labute approximate surface area is 206 Å². The number of hydrogen-bond donors (Lipinski definition) is 2. The van der Waals surface area contributed by atoms with Gasteiger partial charge < -0.3 is 15.0 Å². The number of aryl methyl sites for hydroxylation is 3. The number of nitrogens with one attached hydrogen (secondary N) is 2. The predicted octanol–water partition coefficient (Wildman–Crippen LogP) is 3.35. The Hall–Kier alpha value is -3.70. The van der Waals surface area contributed by atoms with Crippen LogP contribution in [0, 0.1) is 13.8 Å². The Morgan fingerprint density at radius 2 is 1.97 bits per heavy atom. The molecule has 1 amide bonds. The molecule has 0 aromatic carbocycles. The van der Waals surface area contributed by atoms with E-state index in [0.717, 1.165) is 30.6 Å². The normalized spacial score (nSPS) is 19.9. The highest BCUT2D eigenvalue weighted by Crippen LogP contribution is 2.38. The number of methoxy groups -OCH3 is 1. The van der Waals surface area contributed by atoms with E-state index in [4.69, 9.17) is 9.72 Å². The van der Waals surface area contributed by atoms with Crippen LogP contribution in [-0.2, 0) is 11.2 Å². The first-order chi connectivity index (χ1) is 17.2. The van der Waals surface area contributed by atoms with Crippen molar-refractivity contribution in [1.82, 2.24) is 35.0 Å². The number of likely N-dealkylation sites (tertiary alicyclic amines) is 1. The second-order valence-corrected chi connectivity index (χ2v) is 9.49. The number of amides is 1. The summed E-state index contributed by atoms with van der Waals surface area (Å²) >= 11 is 0. The van der Waals surface area contributed by atoms with Gasteiger partial charge in [0, 0.05) is 24.7 Å². The molecule has 2 aliphatic heterocycles. The average molecular weight is 499 g/mol. The van der Waals surface area contributed by atoms with Crippen LogP contribution in [0.2, 0.25) is 0 Å². The molecule has 2 atom stereocenters. The van der Waals surface area contributed by atoms with Gasteiger partial charge in [-0.15, -0.1) is 0 Å². The zero-order valence-corrected chi connectivity index (χ0v) is 20.6. The van der Waals surface area contributed by atoms with Crippen LogP contribution in [0.1, 0.15) is 60.7 Å². The zero-order valence-electron chi connectivity index (χ0n) is 20.6. The summed E-state index contributed by atoms with van der Waals surface area (Å²) in [7, 11) is 1.54. The van der Waals surface area contributed by atoms with Crippen molar-refractivity contribution in [3.05, 3.63) is 40.7 Å². The second-order valence-electron chi connectivity index (χ2n) is 9.49. The van der Waals surface area contributed by atoms with Gasteiger partial charge in [0.05, 0.1) is 30.0 Å². The molecule has 0 radical (unpaired) electrons. The summed E-state index contributed by atoms with van der Waals surface area (Å²) in [6.45, 7) is 6.64. The molecular weight excluding hydrogens is 470 g/mol. The molecule has 2 N–H and O–H groups in total. The number of carbonyl (C=O) groups is 1. The second kappa shape index (κ2) is 9.07. The number of aromatic amines is 1. The molecule has 36 heavy (non-hydrogen) atoms. The molecule has 0 unspecified atom stereocenters. The van der Waals surface area contributed by atoms with E-state index in [-0.39, 0.29) is 17.3 Å². The van der Waals surface area contributed by atoms with Crippen molar-refractivity contribution >= 4 is 11.7 Å². The van der Waals surface area contributed by atoms with Crippen molar-refractivity contribution in [2.24, 2.45) is 0 Å². The highest BCUT2D eigenvalue weighted by Gasteiger charge is 2.43. The SMILES string of the molecule is COc1cc([C@H](C)C(=O)N2CC[C@@]3(CCc4cc(-c5n[nH]c(C(F)F)n5)c(C)nc4N3)C2)nc(C)n1. The van der Waals surface area contributed by atoms with E-state index in [1.165, 1.54) is 0 Å². The molecule has 0 bridgehead atoms. The molecule has 0 aliphatic carbocycles. The van der Waals surface area contributed by atoms with Gasteiger partial charge in [-0.1, -0.05) is 0 Å². The van der Waals surface area contributed by atoms with Gasteiger partial charge in [0.1, 0.15) is 11.6 Å². The average Bonchev–Trinajstić information content (AvgIpc) is 3.50. The number of rotatable bonds is 5. The first kappa shape index (κ1) is 24.0. The van der Waals surface area contributed by atoms with Crippen LogP contribution in [0.5, 0.6) is 5.88 Å². The lowest BCUT2D eigenvalue weighted by Gasteiger charge is -2.36. The highest BCUT2D eigenvalue weighted by molar-refractivity contribution is 5.83. The summed E-state index contributed by atoms with van der Waals surface area (Å²) in [4.78, 5) is 32.5. The number of aromatic nitrogens is 6. The van der Waals surface area contributed by atoms with Gasteiger partial charge in [0.15, 0.2) is 11.6 Å². The maximum atomic E-state index is 13.3. The molecule has 5 rings (SSSR count). The number of ether oxygens (including phenoxy) is 1. The molecular formula is C24H28F2N8O2. The summed E-state index contributed by atoms with van der Waals surface area (Å²) in [5, 5.41) is 9.81. The molecule has 1 saturated heterocycles. The van der Waals surface area contributed by atoms with Crippen LogP contribution < -0.4 is 10.1 Å². The standard InChI is InChI=1S/C24H28F2N8O2/c1-12(17-10-18(36-4)29-14(3)28-17)23(35)34-8-7-24(11-34)6-5-15-9-16(13(2)27-20(15)31-24)21-30-22(19(25)26)33-32-21/h9-10,12,19H,5-8,11H2,1-4H3,(H,27,31)(H,30,32,33)/t12-,24-/m0/s1. The Morgan fingerprint density at radius 3 is 2.69 bits per heavy atom. The summed E-state index contributed by atoms with van der Waals surface area (Å²) in [6.07, 6.45) is -0.346. The number of nitrogens with zero attached hydrogens (tertiary/aromatic N) is 6. The van der Waals surface area contributed by atoms with E-state index < -0.39 is 18.2 Å². The van der Waals surface area contributed by atoms with Crippen LogP contribution in [0.3, 0.4) is 0 Å². The van der Waals surface area contributed by atoms with Crippen LogP contribution >= 0.6 is 0 Å². The molecule has 3 aromatic rings. The van der Waals surface area contributed by atoms with Crippen LogP contribution in [0.15, 0.2) is 12.1 Å². The minimum Gasteiger partial charge on any atom is -0.481 e. The van der Waals surface area contributed by atoms with E-state index in [9.17, 15) is 13.6 Å². The number of pyridine rings is 1. The lowest BCUT2D eigenvalue weighted by molar-refractivity contribution is -0.131. The monoisotopic (exact) mass is 498 g/mol. The number of anilines is 1. The molecule has 10 nitrogen and oxygen atoms in total. The van der Waals surface area contributed by atoms with E-state index in [0.29, 0.717) is 41.7 Å². The fraction of sp³-hybridized carbons (Fsp3) is 0.500. The Balaban J connectivity index is 1.32. The summed E-state index contributed by atoms with van der Waals surface area (Å²) in [5.74, 6) is 1.10. The molecule has 190 valence electrons. The molecule has 2 aliphatic rings. The fourth-order valence-electron chi connectivity index (χ4n) is 5.01. The summed E-state index contributed by atoms with van der Waals surface area (Å²) < 4.78 is 31.1. The Kier molecular flexibility index (Phi) is 6.05. The van der Waals surface area contributed by atoms with Gasteiger partial charge in [-0.3, -0.25) is 9.89 Å². The molecule has 12 heteroatoms. The quantitative estimate of drug-likeness (QED) is 0.549. The maximum Gasteiger partial charge on any atom is 0.296 e. The van der Waals surface area contributed by atoms with E-state index >= 15 is 0 Å². The lowest BCUT2D eigenvalue weighted by Crippen LogP contribution is -2.46. The molecule has 3 aromatic heterocycles. The molecule has 1 spiro atoms. The third-order valence-electron chi connectivity index (χ3n) is 7.02. The van der Waals surface area contributed by atoms with Crippen molar-refractivity contribution in [3.63, 3.8) is 0 Å². The smallest absolute Gasteiger partial charge is 0.296 e. The third-order valence-corrected chi connectivity index (χ3v) is 7.02. The molecule has 5 heterocycles. The highest BCUT2D eigenvalue weighted by atomic mass is 19.3. The first-order valence-corrected chi connectivity index (χ1v) is 11.9. The van der Waals surface area contributed by atoms with Gasteiger partial charge in [-0.05, 0) is 51.7 Å². The summed E-state index contributed by atoms with van der Waals surface area (Å²) in [5.41, 5.74) is 2.62. The number of H-pyrrole nitrogens is 1. The van der Waals surface area contributed by atoms with Gasteiger partial charge in [0.2, 0.25) is 11.8 Å². The topological polar surface area (TPSA) is 122 Å². The number of halogens is 2. The number of alkyl halides is 2. The van der Waals surface area contributed by atoms with Crippen molar-refractivity contribution in [1.29, 1.82) is 0 Å². The van der Waals surface area contributed by atoms with E-state index in [1.807, 2.05) is 17.9 Å². The number of carbonyl (C=O) groups excluding carboxylic acids is 1. The van der Waals surface area contributed by atoms with Crippen molar-refractivity contribution < 1.29 is 18.3 Å². The zero-order chi connectivity index (χ0) is 25.6. The molecule has 0 saturated carbocycles. The molecule has 1 fully saturated rings. The first-order valence-electron chi connectivity index (χ1n) is 11.9. The van der Waals surface area contributed by atoms with Crippen LogP contribution in [0.4, 0.5) is 14.6 Å². The van der Waals surface area contributed by atoms with Crippen molar-refractivity contribution in [3.8, 4) is 17.3 Å². The minimum atomic E-state index is -2.71. The van der Waals surface area contributed by atoms with E-state index in [2.05, 4.69) is 30.5 Å². The fourth-order valence-corrected chi connectivity index (χ4v) is 5.01. The third kappa shape index (κ3) is 4.35. The van der Waals surface area contributed by atoms with Crippen molar-refractivity contribution in [2.45, 2.75) is 57.9 Å². The Morgan fingerprint density at radius 1 is 1.17 bits per heavy atom. The Bertz CT molecular complexity index is 1310. The van der Waals surface area contributed by atoms with Crippen LogP contribution in [-0.4, -0.2) is 66.7 Å². The van der Waals surface area contributed by atoms with Gasteiger partial charge in [-0.2, -0.15) is 10.1 Å². The van der Waals surface area contributed by atoms with Gasteiger partial charge in [-0.25, -0.2) is 23.7 Å². The van der Waals surface area contributed by atoms with Gasteiger partial charge >= 0.3 is 0 Å². The lowest BCUT2D eigenvalue weighted by atomic mass is 9.86. The predicted molar refractivity (Wildman–Crippen MR) is 127 cm³/mol. The van der Waals surface area contributed by atoms with Crippen LogP contribution in [0.25, 0.3) is 11.4 Å². The van der Waals surface area contributed by atoms with Gasteiger partial charge in [0.25, 0.3) is 6.43 Å². The number of fused-ring (bicyclic) bond motifs is 1. The largest absolute Gasteiger partial charge is 0.481 e. The van der Waals surface area contributed by atoms with Crippen molar-refractivity contribution in [2.75, 3.05) is 25.5 Å². The van der Waals surface area contributed by atoms with E-state index in [1.54, 1.807) is 27.0 Å². The summed E-state index contributed by atoms with van der Waals surface area (Å²) in [6, 6.07) is 3.62. The number of hydrogen-bond acceptors (Lipinski definition) is 8. The maximum absolute atomic E-state index is 13.3.